The van der Waals surface area contributed by atoms with E-state index in [0.29, 0.717) is 11.2 Å². The molecule has 0 heterocycles. The number of nitrogens with one attached hydrogen (secondary N) is 3. The van der Waals surface area contributed by atoms with E-state index < -0.39 is 0 Å². The molecule has 0 spiro atoms. The van der Waals surface area contributed by atoms with Gasteiger partial charge in [0.15, 0.2) is 5.11 Å². The zero-order valence-electron chi connectivity index (χ0n) is 15.0. The third-order valence-corrected chi connectivity index (χ3v) is 4.38. The highest BCUT2D eigenvalue weighted by Crippen LogP contribution is 2.13. The van der Waals surface area contributed by atoms with Gasteiger partial charge in [-0.3, -0.25) is 0 Å². The van der Waals surface area contributed by atoms with E-state index in [1.165, 1.54) is 21.6 Å². The first-order chi connectivity index (χ1) is 11.4. The van der Waals surface area contributed by atoms with Gasteiger partial charge in [-0.2, -0.15) is 0 Å². The van der Waals surface area contributed by atoms with Crippen LogP contribution in [0.15, 0.2) is 48.5 Å². The standard InChI is InChI=1S/C20H27N3S/c1-15-10-16(2)12-18(11-15)22-20(24)21-14-19(23(3)4)13-17-8-6-5-7-9-17/h5-12,19H,13-14H2,1-4H3,(H2,21,22,24)/p+1/t19-/m1/s1. The topological polar surface area (TPSA) is 28.5 Å². The summed E-state index contributed by atoms with van der Waals surface area (Å²) in [4.78, 5) is 1.42. The van der Waals surface area contributed by atoms with Gasteiger partial charge in [0.25, 0.3) is 0 Å². The second-order valence-corrected chi connectivity index (χ2v) is 7.08. The lowest BCUT2D eigenvalue weighted by Crippen LogP contribution is -3.11. The van der Waals surface area contributed by atoms with Gasteiger partial charge in [-0.15, -0.1) is 0 Å². The SMILES string of the molecule is Cc1cc(C)cc(NC(=S)NC[C@@H](Cc2ccccc2)[NH+](C)C)c1. The number of rotatable bonds is 6. The van der Waals surface area contributed by atoms with Crippen molar-refractivity contribution in [2.24, 2.45) is 0 Å². The van der Waals surface area contributed by atoms with Gasteiger partial charge in [0, 0.05) is 12.1 Å². The predicted molar refractivity (Wildman–Crippen MR) is 107 cm³/mol. The molecule has 0 saturated heterocycles. The Bertz CT molecular complexity index is 648. The van der Waals surface area contributed by atoms with Crippen LogP contribution in [0, 0.1) is 13.8 Å². The van der Waals surface area contributed by atoms with E-state index in [9.17, 15) is 0 Å². The van der Waals surface area contributed by atoms with E-state index in [4.69, 9.17) is 12.2 Å². The maximum absolute atomic E-state index is 5.46. The maximum atomic E-state index is 5.46. The van der Waals surface area contributed by atoms with E-state index >= 15 is 0 Å². The van der Waals surface area contributed by atoms with E-state index in [1.54, 1.807) is 0 Å². The van der Waals surface area contributed by atoms with Crippen molar-refractivity contribution in [3.05, 3.63) is 65.2 Å². The van der Waals surface area contributed by atoms with Gasteiger partial charge >= 0.3 is 0 Å². The highest BCUT2D eigenvalue weighted by Gasteiger charge is 2.16. The molecule has 0 unspecified atom stereocenters. The fourth-order valence-corrected chi connectivity index (χ4v) is 3.02. The van der Waals surface area contributed by atoms with Crippen LogP contribution in [0.5, 0.6) is 0 Å². The number of anilines is 1. The molecule has 0 bridgehead atoms. The molecule has 1 atom stereocenters. The molecule has 0 aliphatic rings. The molecular weight excluding hydrogens is 314 g/mol. The number of benzene rings is 2. The van der Waals surface area contributed by atoms with Crippen molar-refractivity contribution in [1.82, 2.24) is 5.32 Å². The zero-order valence-corrected chi connectivity index (χ0v) is 15.8. The number of hydrogen-bond donors (Lipinski definition) is 3. The van der Waals surface area contributed by atoms with Gasteiger partial charge in [0.1, 0.15) is 6.04 Å². The van der Waals surface area contributed by atoms with Crippen LogP contribution in [0.1, 0.15) is 16.7 Å². The van der Waals surface area contributed by atoms with Crippen LogP contribution < -0.4 is 15.5 Å². The highest BCUT2D eigenvalue weighted by atomic mass is 32.1. The molecule has 3 N–H and O–H groups in total. The van der Waals surface area contributed by atoms with Gasteiger partial charge < -0.3 is 15.5 Å². The summed E-state index contributed by atoms with van der Waals surface area (Å²) in [7, 11) is 4.38. The Morgan fingerprint density at radius 3 is 2.25 bits per heavy atom. The van der Waals surface area contributed by atoms with E-state index in [2.05, 4.69) is 87.1 Å². The van der Waals surface area contributed by atoms with Crippen LogP contribution in [-0.4, -0.2) is 31.8 Å². The average molecular weight is 343 g/mol. The molecule has 0 aliphatic heterocycles. The number of thiocarbonyl (C=S) groups is 1. The average Bonchev–Trinajstić information content (AvgIpc) is 2.51. The molecule has 3 nitrogen and oxygen atoms in total. The van der Waals surface area contributed by atoms with Crippen molar-refractivity contribution >= 4 is 23.0 Å². The zero-order chi connectivity index (χ0) is 17.5. The number of aryl methyl sites for hydroxylation is 2. The largest absolute Gasteiger partial charge is 0.356 e. The summed E-state index contributed by atoms with van der Waals surface area (Å²) < 4.78 is 0. The lowest BCUT2D eigenvalue weighted by molar-refractivity contribution is -0.884. The maximum Gasteiger partial charge on any atom is 0.170 e. The highest BCUT2D eigenvalue weighted by molar-refractivity contribution is 7.80. The minimum atomic E-state index is 0.464. The Morgan fingerprint density at radius 1 is 1.04 bits per heavy atom. The summed E-state index contributed by atoms with van der Waals surface area (Å²) in [6.45, 7) is 5.04. The van der Waals surface area contributed by atoms with Crippen molar-refractivity contribution in [1.29, 1.82) is 0 Å². The second kappa shape index (κ2) is 8.81. The van der Waals surface area contributed by atoms with Crippen molar-refractivity contribution < 1.29 is 4.90 Å². The van der Waals surface area contributed by atoms with E-state index in [0.717, 1.165) is 18.7 Å². The van der Waals surface area contributed by atoms with Crippen LogP contribution in [0.25, 0.3) is 0 Å². The smallest absolute Gasteiger partial charge is 0.170 e. The number of hydrogen-bond acceptors (Lipinski definition) is 1. The van der Waals surface area contributed by atoms with Gasteiger partial charge in [0.2, 0.25) is 0 Å². The molecule has 0 amide bonds. The molecule has 0 radical (unpaired) electrons. The van der Waals surface area contributed by atoms with Crippen molar-refractivity contribution in [2.75, 3.05) is 26.0 Å². The van der Waals surface area contributed by atoms with Crippen LogP contribution in [0.2, 0.25) is 0 Å². The van der Waals surface area contributed by atoms with Crippen molar-refractivity contribution in [3.8, 4) is 0 Å². The van der Waals surface area contributed by atoms with Crippen molar-refractivity contribution in [3.63, 3.8) is 0 Å². The summed E-state index contributed by atoms with van der Waals surface area (Å²) in [5.41, 5.74) is 4.88. The van der Waals surface area contributed by atoms with E-state index in [1.807, 2.05) is 0 Å². The summed E-state index contributed by atoms with van der Waals surface area (Å²) in [6.07, 6.45) is 1.03. The quantitative estimate of drug-likeness (QED) is 0.704. The minimum Gasteiger partial charge on any atom is -0.356 e. The fourth-order valence-electron chi connectivity index (χ4n) is 2.82. The van der Waals surface area contributed by atoms with E-state index in [-0.39, 0.29) is 0 Å². The number of quaternary nitrogens is 1. The molecule has 2 aromatic carbocycles. The third-order valence-electron chi connectivity index (χ3n) is 4.13. The molecule has 0 fully saturated rings. The second-order valence-electron chi connectivity index (χ2n) is 6.68. The van der Waals surface area contributed by atoms with Crippen LogP contribution >= 0.6 is 12.2 Å². The van der Waals surface area contributed by atoms with Crippen LogP contribution in [0.3, 0.4) is 0 Å². The normalized spacial score (nSPS) is 12.0. The Kier molecular flexibility index (Phi) is 6.76. The Hall–Kier alpha value is -1.91. The molecule has 0 saturated carbocycles. The summed E-state index contributed by atoms with van der Waals surface area (Å²) >= 11 is 5.46. The molecular formula is C20H28N3S+. The van der Waals surface area contributed by atoms with Gasteiger partial charge in [0.05, 0.1) is 20.6 Å². The Labute approximate surface area is 151 Å². The van der Waals surface area contributed by atoms with Crippen LogP contribution in [-0.2, 0) is 6.42 Å². The molecule has 0 aliphatic carbocycles. The summed E-state index contributed by atoms with van der Waals surface area (Å²) in [5.74, 6) is 0. The lowest BCUT2D eigenvalue weighted by Gasteiger charge is -2.23. The predicted octanol–water partition coefficient (Wildman–Crippen LogP) is 2.35. The van der Waals surface area contributed by atoms with Gasteiger partial charge in [-0.25, -0.2) is 0 Å². The van der Waals surface area contributed by atoms with Gasteiger partial charge in [-0.1, -0.05) is 36.4 Å². The molecule has 0 aromatic heterocycles. The lowest BCUT2D eigenvalue weighted by atomic mass is 10.1. The molecule has 2 rings (SSSR count). The molecule has 2 aromatic rings. The summed E-state index contributed by atoms with van der Waals surface area (Å²) in [6, 6.07) is 17.5. The minimum absolute atomic E-state index is 0.464. The molecule has 128 valence electrons. The van der Waals surface area contributed by atoms with Crippen molar-refractivity contribution in [2.45, 2.75) is 26.3 Å². The Balaban J connectivity index is 1.90. The molecule has 24 heavy (non-hydrogen) atoms. The van der Waals surface area contributed by atoms with Gasteiger partial charge in [-0.05, 0) is 54.9 Å². The molecule has 4 heteroatoms. The first kappa shape index (κ1) is 18.4. The number of likely N-dealkylation sites (N-methyl/N-ethyl adjacent to an activating group) is 1. The van der Waals surface area contributed by atoms with Crippen LogP contribution in [0.4, 0.5) is 5.69 Å². The summed E-state index contributed by atoms with van der Waals surface area (Å²) in [5, 5.41) is 7.34. The first-order valence-electron chi connectivity index (χ1n) is 8.41. The Morgan fingerprint density at radius 2 is 1.67 bits per heavy atom. The monoisotopic (exact) mass is 342 g/mol. The fraction of sp³-hybridized carbons (Fsp3) is 0.350. The third kappa shape index (κ3) is 5.95. The first-order valence-corrected chi connectivity index (χ1v) is 8.82.